The Labute approximate surface area is 120 Å². The first-order valence-electron chi connectivity index (χ1n) is 6.81. The van der Waals surface area contributed by atoms with Gasteiger partial charge in [0.2, 0.25) is 0 Å². The highest BCUT2D eigenvalue weighted by atomic mass is 14.8. The first-order valence-corrected chi connectivity index (χ1v) is 6.81. The molecule has 0 radical (unpaired) electrons. The first kappa shape index (κ1) is 14.1. The van der Waals surface area contributed by atoms with Gasteiger partial charge in [-0.1, -0.05) is 60.7 Å². The third-order valence-electron chi connectivity index (χ3n) is 2.84. The van der Waals surface area contributed by atoms with Crippen LogP contribution < -0.4 is 5.32 Å². The molecule has 1 heterocycles. The lowest BCUT2D eigenvalue weighted by atomic mass is 10.2. The van der Waals surface area contributed by atoms with Gasteiger partial charge in [-0.05, 0) is 23.3 Å². The second-order valence-electron chi connectivity index (χ2n) is 4.46. The van der Waals surface area contributed by atoms with Gasteiger partial charge in [-0.15, -0.1) is 0 Å². The van der Waals surface area contributed by atoms with Crippen LogP contribution in [-0.2, 0) is 13.1 Å². The van der Waals surface area contributed by atoms with Crippen LogP contribution in [0.3, 0.4) is 0 Å². The Hall–Kier alpha value is -2.32. The zero-order valence-corrected chi connectivity index (χ0v) is 11.5. The maximum absolute atomic E-state index is 3.42. The van der Waals surface area contributed by atoms with E-state index in [1.54, 1.807) is 0 Å². The molecular formula is C18H20N2. The molecule has 0 fully saturated rings. The molecular weight excluding hydrogens is 244 g/mol. The van der Waals surface area contributed by atoms with E-state index in [0.29, 0.717) is 0 Å². The van der Waals surface area contributed by atoms with E-state index in [0.717, 1.165) is 13.1 Å². The number of nitrogens with one attached hydrogen (secondary N) is 2. The molecule has 2 nitrogen and oxygen atoms in total. The van der Waals surface area contributed by atoms with Crippen LogP contribution in [0.15, 0.2) is 85.2 Å². The van der Waals surface area contributed by atoms with E-state index < -0.39 is 0 Å². The Morgan fingerprint density at radius 2 is 1.05 bits per heavy atom. The quantitative estimate of drug-likeness (QED) is 0.732. The second-order valence-corrected chi connectivity index (χ2v) is 4.46. The summed E-state index contributed by atoms with van der Waals surface area (Å²) in [5.74, 6) is 0. The first-order chi connectivity index (χ1) is 9.95. The van der Waals surface area contributed by atoms with Gasteiger partial charge in [-0.25, -0.2) is 0 Å². The maximum Gasteiger partial charge on any atom is 0.0208 e. The maximum atomic E-state index is 3.42. The number of H-pyrrole nitrogens is 1. The molecule has 2 aromatic carbocycles. The van der Waals surface area contributed by atoms with Crippen molar-refractivity contribution in [3.8, 4) is 0 Å². The summed E-state index contributed by atoms with van der Waals surface area (Å²) in [7, 11) is 0. The molecule has 20 heavy (non-hydrogen) atoms. The number of hydrogen-bond donors (Lipinski definition) is 2. The lowest BCUT2D eigenvalue weighted by molar-refractivity contribution is 0.693. The molecule has 3 aromatic rings. The van der Waals surface area contributed by atoms with E-state index in [4.69, 9.17) is 0 Å². The number of aromatic amines is 1. The van der Waals surface area contributed by atoms with Crippen LogP contribution in [0.25, 0.3) is 0 Å². The Morgan fingerprint density at radius 1 is 0.600 bits per heavy atom. The molecule has 0 aliphatic heterocycles. The van der Waals surface area contributed by atoms with Crippen molar-refractivity contribution >= 4 is 0 Å². The average molecular weight is 264 g/mol. The summed E-state index contributed by atoms with van der Waals surface area (Å²) in [6.45, 7) is 1.85. The fourth-order valence-corrected chi connectivity index (χ4v) is 1.82. The Kier molecular flexibility index (Phi) is 6.15. The summed E-state index contributed by atoms with van der Waals surface area (Å²) in [6, 6.07) is 24.8. The van der Waals surface area contributed by atoms with Gasteiger partial charge in [0.05, 0.1) is 0 Å². The van der Waals surface area contributed by atoms with Crippen molar-refractivity contribution in [1.82, 2.24) is 10.3 Å². The molecule has 0 amide bonds. The fourth-order valence-electron chi connectivity index (χ4n) is 1.82. The Morgan fingerprint density at radius 3 is 1.40 bits per heavy atom. The van der Waals surface area contributed by atoms with E-state index in [-0.39, 0.29) is 0 Å². The third-order valence-corrected chi connectivity index (χ3v) is 2.84. The van der Waals surface area contributed by atoms with Gasteiger partial charge in [0.25, 0.3) is 0 Å². The van der Waals surface area contributed by atoms with Gasteiger partial charge in [0, 0.05) is 25.5 Å². The van der Waals surface area contributed by atoms with Crippen molar-refractivity contribution < 1.29 is 0 Å². The van der Waals surface area contributed by atoms with Crippen molar-refractivity contribution in [1.29, 1.82) is 0 Å². The van der Waals surface area contributed by atoms with Crippen molar-refractivity contribution in [2.45, 2.75) is 13.1 Å². The van der Waals surface area contributed by atoms with Crippen molar-refractivity contribution in [3.63, 3.8) is 0 Å². The third kappa shape index (κ3) is 5.55. The largest absolute Gasteiger partial charge is 0.368 e. The summed E-state index contributed by atoms with van der Waals surface area (Å²) in [6.07, 6.45) is 3.75. The minimum absolute atomic E-state index is 0.926. The average Bonchev–Trinajstić information content (AvgIpc) is 3.09. The van der Waals surface area contributed by atoms with Crippen molar-refractivity contribution in [2.75, 3.05) is 0 Å². The monoisotopic (exact) mass is 264 g/mol. The predicted molar refractivity (Wildman–Crippen MR) is 84.2 cm³/mol. The van der Waals surface area contributed by atoms with Crippen LogP contribution in [-0.4, -0.2) is 4.98 Å². The normalized spacial score (nSPS) is 9.60. The lowest BCUT2D eigenvalue weighted by Gasteiger charge is -2.04. The number of hydrogen-bond acceptors (Lipinski definition) is 1. The molecule has 0 spiro atoms. The van der Waals surface area contributed by atoms with Crippen LogP contribution in [0.2, 0.25) is 0 Å². The van der Waals surface area contributed by atoms with Gasteiger partial charge in [-0.2, -0.15) is 0 Å². The molecule has 2 N–H and O–H groups in total. The SMILES string of the molecule is c1cc[nH]c1.c1ccc(CNCc2ccccc2)cc1. The van der Waals surface area contributed by atoms with Gasteiger partial charge in [0.1, 0.15) is 0 Å². The molecule has 0 bridgehead atoms. The molecule has 102 valence electrons. The van der Waals surface area contributed by atoms with Gasteiger partial charge in [-0.3, -0.25) is 0 Å². The van der Waals surface area contributed by atoms with E-state index >= 15 is 0 Å². The van der Waals surface area contributed by atoms with Gasteiger partial charge in [0.15, 0.2) is 0 Å². The highest BCUT2D eigenvalue weighted by molar-refractivity contribution is 5.16. The summed E-state index contributed by atoms with van der Waals surface area (Å²) >= 11 is 0. The van der Waals surface area contributed by atoms with Gasteiger partial charge < -0.3 is 10.3 Å². The van der Waals surface area contributed by atoms with E-state index in [2.05, 4.69) is 58.8 Å². The molecule has 3 rings (SSSR count). The van der Waals surface area contributed by atoms with Crippen molar-refractivity contribution in [2.24, 2.45) is 0 Å². The molecule has 1 aromatic heterocycles. The van der Waals surface area contributed by atoms with E-state index in [1.165, 1.54) is 11.1 Å². The highest BCUT2D eigenvalue weighted by Crippen LogP contribution is 2.00. The summed E-state index contributed by atoms with van der Waals surface area (Å²) in [5.41, 5.74) is 2.65. The topological polar surface area (TPSA) is 27.8 Å². The number of aromatic nitrogens is 1. The summed E-state index contributed by atoms with van der Waals surface area (Å²) in [5, 5.41) is 3.42. The molecule has 0 aliphatic rings. The highest BCUT2D eigenvalue weighted by Gasteiger charge is 1.92. The summed E-state index contributed by atoms with van der Waals surface area (Å²) in [4.78, 5) is 2.86. The van der Waals surface area contributed by atoms with Gasteiger partial charge >= 0.3 is 0 Å². The second kappa shape index (κ2) is 8.73. The Bertz CT molecular complexity index is 488. The minimum atomic E-state index is 0.926. The predicted octanol–water partition coefficient (Wildman–Crippen LogP) is 3.99. The zero-order valence-electron chi connectivity index (χ0n) is 11.5. The van der Waals surface area contributed by atoms with Crippen LogP contribution >= 0.6 is 0 Å². The number of rotatable bonds is 4. The molecule has 0 atom stereocenters. The number of benzene rings is 2. The minimum Gasteiger partial charge on any atom is -0.368 e. The van der Waals surface area contributed by atoms with Crippen LogP contribution in [0.1, 0.15) is 11.1 Å². The molecule has 0 saturated heterocycles. The molecule has 0 aliphatic carbocycles. The summed E-state index contributed by atoms with van der Waals surface area (Å²) < 4.78 is 0. The molecule has 0 saturated carbocycles. The van der Waals surface area contributed by atoms with Crippen LogP contribution in [0, 0.1) is 0 Å². The zero-order chi connectivity index (χ0) is 13.9. The van der Waals surface area contributed by atoms with Crippen LogP contribution in [0.5, 0.6) is 0 Å². The Balaban J connectivity index is 0.000000247. The molecule has 0 unspecified atom stereocenters. The van der Waals surface area contributed by atoms with E-state index in [1.807, 2.05) is 36.7 Å². The van der Waals surface area contributed by atoms with Crippen molar-refractivity contribution in [3.05, 3.63) is 96.3 Å². The molecule has 2 heteroatoms. The van der Waals surface area contributed by atoms with Crippen LogP contribution in [0.4, 0.5) is 0 Å². The fraction of sp³-hybridized carbons (Fsp3) is 0.111. The smallest absolute Gasteiger partial charge is 0.0208 e. The lowest BCUT2D eigenvalue weighted by Crippen LogP contribution is -2.12. The standard InChI is InChI=1S/C14H15N.C4H5N/c1-3-7-13(8-4-1)11-15-12-14-9-5-2-6-10-14;1-2-4-5-3-1/h1-10,15H,11-12H2;1-5H. The van der Waals surface area contributed by atoms with E-state index in [9.17, 15) is 0 Å².